The molecule has 0 aliphatic carbocycles. The van der Waals surface area contributed by atoms with Gasteiger partial charge >= 0.3 is 6.03 Å². The lowest BCUT2D eigenvalue weighted by Crippen LogP contribution is -2.40. The molecule has 0 radical (unpaired) electrons. The van der Waals surface area contributed by atoms with Crippen LogP contribution in [0.25, 0.3) is 33.5 Å². The highest BCUT2D eigenvalue weighted by Crippen LogP contribution is 2.37. The smallest absolute Gasteiger partial charge is 0.320 e. The summed E-state index contributed by atoms with van der Waals surface area (Å²) in [6, 6.07) is 31.6. The topological polar surface area (TPSA) is 96.1 Å². The molecule has 0 saturated carbocycles. The van der Waals surface area contributed by atoms with Gasteiger partial charge in [-0.05, 0) is 77.0 Å². The van der Waals surface area contributed by atoms with Gasteiger partial charge in [0.15, 0.2) is 17.4 Å². The molecule has 2 amide bonds. The Morgan fingerprint density at radius 2 is 1.48 bits per heavy atom. The van der Waals surface area contributed by atoms with E-state index >= 15 is 4.39 Å². The number of nitrogens with zero attached hydrogens (tertiary/aromatic N) is 6. The summed E-state index contributed by atoms with van der Waals surface area (Å²) < 4.78 is 44.9. The number of carbonyl (C=O) groups excluding carboxylic acids is 1. The Morgan fingerprint density at radius 3 is 2.15 bits per heavy atom. The Labute approximate surface area is 385 Å². The number of halogens is 1. The van der Waals surface area contributed by atoms with E-state index in [0.717, 1.165) is 68.6 Å². The van der Waals surface area contributed by atoms with E-state index in [0.29, 0.717) is 70.7 Å². The van der Waals surface area contributed by atoms with Crippen molar-refractivity contribution in [2.45, 2.75) is 117 Å². The minimum atomic E-state index is -1.35. The average Bonchev–Trinajstić information content (AvgIpc) is 4.08. The van der Waals surface area contributed by atoms with E-state index in [1.165, 1.54) is 0 Å². The molecule has 14 heteroatoms. The van der Waals surface area contributed by atoms with Gasteiger partial charge in [-0.1, -0.05) is 113 Å². The maximum Gasteiger partial charge on any atom is 0.320 e. The first kappa shape index (κ1) is 46.4. The maximum absolute atomic E-state index is 15.9. The highest BCUT2D eigenvalue weighted by atomic mass is 28.3. The number of hydrogen-bond acceptors (Lipinski definition) is 7. The highest BCUT2D eigenvalue weighted by molar-refractivity contribution is 6.76. The number of aryl methyl sites for hydroxylation is 1. The largest absolute Gasteiger partial charge is 0.486 e. The molecule has 11 nitrogen and oxygen atoms in total. The van der Waals surface area contributed by atoms with Gasteiger partial charge in [0.05, 0.1) is 42.7 Å². The first-order valence-electron chi connectivity index (χ1n) is 23.2. The molecular formula is C51H65FN6O5Si2. The van der Waals surface area contributed by atoms with Crippen LogP contribution in [0.3, 0.4) is 0 Å². The minimum Gasteiger partial charge on any atom is -0.486 e. The van der Waals surface area contributed by atoms with Crippen LogP contribution in [-0.2, 0) is 60.4 Å². The number of benzene rings is 4. The molecule has 0 spiro atoms. The Morgan fingerprint density at radius 1 is 0.800 bits per heavy atom. The number of aromatic nitrogens is 4. The van der Waals surface area contributed by atoms with Crippen LogP contribution >= 0.6 is 0 Å². The van der Waals surface area contributed by atoms with Crippen LogP contribution in [0.1, 0.15) is 41.4 Å². The SMILES string of the molecule is CCc1cc(OCc2ccccc2)c(F)cc1-c1ccc2c(-c3nc4c(n3COCC[Si](C)(C)C)CN(C(=O)N3CC[C@H](OCc5ccccc5)C3)C4)nn(COCC[Si](C)(C)C)c2c1. The summed E-state index contributed by atoms with van der Waals surface area (Å²) in [6.45, 7) is 20.8. The Balaban J connectivity index is 1.09. The molecule has 65 heavy (non-hydrogen) atoms. The Kier molecular flexibility index (Phi) is 14.4. The van der Waals surface area contributed by atoms with Crippen LogP contribution in [0.5, 0.6) is 5.75 Å². The number of fused-ring (bicyclic) bond motifs is 2. The maximum atomic E-state index is 15.9. The number of likely N-dealkylation sites (tertiary alicyclic amines) is 1. The number of urea groups is 1. The summed E-state index contributed by atoms with van der Waals surface area (Å²) in [7, 11) is -2.69. The van der Waals surface area contributed by atoms with Crippen LogP contribution in [0.4, 0.5) is 9.18 Å². The van der Waals surface area contributed by atoms with Gasteiger partial charge in [0, 0.05) is 47.8 Å². The Bertz CT molecular complexity index is 2570. The second-order valence-electron chi connectivity index (χ2n) is 19.9. The average molecular weight is 917 g/mol. The van der Waals surface area contributed by atoms with Crippen molar-refractivity contribution in [3.8, 4) is 28.4 Å². The number of imidazole rings is 1. The van der Waals surface area contributed by atoms with Gasteiger partial charge in [-0.25, -0.2) is 18.9 Å². The van der Waals surface area contributed by atoms with E-state index in [1.54, 1.807) is 6.07 Å². The quantitative estimate of drug-likeness (QED) is 0.0590. The van der Waals surface area contributed by atoms with Crippen molar-refractivity contribution >= 4 is 33.1 Å². The monoisotopic (exact) mass is 916 g/mol. The van der Waals surface area contributed by atoms with Crippen molar-refractivity contribution in [3.05, 3.63) is 125 Å². The van der Waals surface area contributed by atoms with Gasteiger partial charge < -0.3 is 33.3 Å². The predicted octanol–water partition coefficient (Wildman–Crippen LogP) is 11.2. The zero-order valence-electron chi connectivity index (χ0n) is 39.2. The van der Waals surface area contributed by atoms with Crippen molar-refractivity contribution in [2.24, 2.45) is 0 Å². The van der Waals surface area contributed by atoms with Crippen LogP contribution in [-0.4, -0.2) is 83.7 Å². The molecule has 4 heterocycles. The highest BCUT2D eigenvalue weighted by Gasteiger charge is 2.36. The summed E-state index contributed by atoms with van der Waals surface area (Å²) >= 11 is 0. The fourth-order valence-corrected chi connectivity index (χ4v) is 9.92. The third-order valence-electron chi connectivity index (χ3n) is 12.3. The van der Waals surface area contributed by atoms with Gasteiger partial charge in [0.25, 0.3) is 0 Å². The molecule has 8 rings (SSSR count). The second kappa shape index (κ2) is 20.2. The molecule has 2 aliphatic heterocycles. The number of ether oxygens (including phenoxy) is 4. The third kappa shape index (κ3) is 11.5. The van der Waals surface area contributed by atoms with Crippen molar-refractivity contribution in [2.75, 3.05) is 26.3 Å². The molecule has 2 aliphatic rings. The molecular weight excluding hydrogens is 852 g/mol. The predicted molar refractivity (Wildman–Crippen MR) is 261 cm³/mol. The fraction of sp³-hybridized carbons (Fsp3) is 0.431. The van der Waals surface area contributed by atoms with Crippen molar-refractivity contribution in [3.63, 3.8) is 0 Å². The van der Waals surface area contributed by atoms with Crippen molar-refractivity contribution < 1.29 is 28.1 Å². The van der Waals surface area contributed by atoms with Gasteiger partial charge in [-0.15, -0.1) is 0 Å². The lowest BCUT2D eigenvalue weighted by molar-refractivity contribution is 0.0472. The molecule has 0 N–H and O–H groups in total. The van der Waals surface area contributed by atoms with Gasteiger partial charge in [0.1, 0.15) is 25.8 Å². The molecule has 1 saturated heterocycles. The fourth-order valence-electron chi connectivity index (χ4n) is 8.41. The van der Waals surface area contributed by atoms with E-state index in [2.05, 4.69) is 75.0 Å². The van der Waals surface area contributed by atoms with Crippen LogP contribution < -0.4 is 4.74 Å². The number of rotatable bonds is 19. The molecule has 1 atom stereocenters. The van der Waals surface area contributed by atoms with Gasteiger partial charge in [-0.3, -0.25) is 0 Å². The molecule has 2 aromatic heterocycles. The minimum absolute atomic E-state index is 0.00189. The van der Waals surface area contributed by atoms with E-state index in [9.17, 15) is 4.79 Å². The normalized spacial score (nSPS) is 15.4. The van der Waals surface area contributed by atoms with E-state index < -0.39 is 22.0 Å². The molecule has 1 fully saturated rings. The number of carbonyl (C=O) groups is 1. The van der Waals surface area contributed by atoms with Crippen molar-refractivity contribution in [1.29, 1.82) is 0 Å². The summed E-state index contributed by atoms with van der Waals surface area (Å²) in [5.74, 6) is 0.532. The molecule has 344 valence electrons. The summed E-state index contributed by atoms with van der Waals surface area (Å²) in [5, 5.41) is 6.14. The standard InChI is InChI=1S/C51H65FN6O5Si2/c1-8-39-28-48(63-34-38-17-13-10-14-18-38)44(52)29-43(39)40-19-20-42-46(27-40)58(36-61-24-26-65(5,6)7)54-49(42)50-53-45-31-56(32-47(45)57(50)35-60-23-25-64(2,3)4)51(59)55-22-21-41(30-55)62-33-37-15-11-9-12-16-37/h9-20,27-29,41H,8,21-26,30-36H2,1-7H3/t41-/m0/s1. The van der Waals surface area contributed by atoms with Crippen molar-refractivity contribution in [1.82, 2.24) is 29.1 Å². The lowest BCUT2D eigenvalue weighted by Gasteiger charge is -2.24. The van der Waals surface area contributed by atoms with Gasteiger partial charge in [0.2, 0.25) is 0 Å². The van der Waals surface area contributed by atoms with E-state index in [-0.39, 0.29) is 31.2 Å². The van der Waals surface area contributed by atoms with Crippen LogP contribution in [0.15, 0.2) is 91.0 Å². The molecule has 0 unspecified atom stereocenters. The van der Waals surface area contributed by atoms with Gasteiger partial charge in [-0.2, -0.15) is 5.10 Å². The van der Waals surface area contributed by atoms with Crippen LogP contribution in [0, 0.1) is 5.82 Å². The van der Waals surface area contributed by atoms with Crippen LogP contribution in [0.2, 0.25) is 51.4 Å². The first-order chi connectivity index (χ1) is 31.2. The molecule has 4 aromatic carbocycles. The zero-order chi connectivity index (χ0) is 45.7. The zero-order valence-corrected chi connectivity index (χ0v) is 41.2. The summed E-state index contributed by atoms with van der Waals surface area (Å²) in [6.07, 6.45) is 1.50. The molecule has 0 bridgehead atoms. The number of hydrogen-bond donors (Lipinski definition) is 0. The number of amides is 2. The summed E-state index contributed by atoms with van der Waals surface area (Å²) in [5.41, 5.74) is 8.16. The summed E-state index contributed by atoms with van der Waals surface area (Å²) in [4.78, 5) is 23.1. The molecule has 6 aromatic rings. The van der Waals surface area contributed by atoms with E-state index in [1.807, 2.05) is 75.1 Å². The third-order valence-corrected chi connectivity index (χ3v) is 15.7. The van der Waals surface area contributed by atoms with E-state index in [4.69, 9.17) is 29.0 Å². The first-order valence-corrected chi connectivity index (χ1v) is 30.6. The second-order valence-corrected chi connectivity index (χ2v) is 31.1. The lowest BCUT2D eigenvalue weighted by atomic mass is 9.96. The Hall–Kier alpha value is -5.13.